The summed E-state index contributed by atoms with van der Waals surface area (Å²) in [5.74, 6) is 0.559. The van der Waals surface area contributed by atoms with Crippen molar-refractivity contribution in [3.63, 3.8) is 0 Å². The molecule has 0 bridgehead atoms. The first-order chi connectivity index (χ1) is 11.6. The number of aromatic nitrogens is 2. The standard InChI is InChI=1S/C18H19N3O2S/c22-24(23)10-9-15(12-24)19-11-14-5-7-16(8-6-14)21-13-20-17-3-1-2-4-18(17)21/h1-8,13,15,19H,9-12H2. The Bertz CT molecular complexity index is 961. The number of hydrogen-bond acceptors (Lipinski definition) is 4. The van der Waals surface area contributed by atoms with Crippen LogP contribution in [0.3, 0.4) is 0 Å². The summed E-state index contributed by atoms with van der Waals surface area (Å²) in [5, 5.41) is 3.34. The van der Waals surface area contributed by atoms with E-state index in [1.807, 2.05) is 24.5 Å². The lowest BCUT2D eigenvalue weighted by molar-refractivity contribution is 0.554. The molecule has 1 atom stereocenters. The van der Waals surface area contributed by atoms with Crippen molar-refractivity contribution in [1.82, 2.24) is 14.9 Å². The lowest BCUT2D eigenvalue weighted by Gasteiger charge is -2.11. The molecule has 3 aromatic rings. The van der Waals surface area contributed by atoms with Crippen LogP contribution in [0.25, 0.3) is 16.7 Å². The zero-order chi connectivity index (χ0) is 16.6. The van der Waals surface area contributed by atoms with Crippen LogP contribution in [-0.2, 0) is 16.4 Å². The SMILES string of the molecule is O=S1(=O)CCC(NCc2ccc(-n3cnc4ccccc43)cc2)C1. The zero-order valence-electron chi connectivity index (χ0n) is 13.2. The van der Waals surface area contributed by atoms with Gasteiger partial charge in [0.15, 0.2) is 9.84 Å². The van der Waals surface area contributed by atoms with Crippen molar-refractivity contribution in [3.05, 3.63) is 60.4 Å². The molecule has 0 saturated carbocycles. The molecule has 1 N–H and O–H groups in total. The third-order valence-electron chi connectivity index (χ3n) is 4.50. The summed E-state index contributed by atoms with van der Waals surface area (Å²) < 4.78 is 25.0. The van der Waals surface area contributed by atoms with Gasteiger partial charge in [-0.3, -0.25) is 4.57 Å². The van der Waals surface area contributed by atoms with Gasteiger partial charge >= 0.3 is 0 Å². The molecule has 2 heterocycles. The molecule has 1 aliphatic rings. The molecule has 0 amide bonds. The van der Waals surface area contributed by atoms with Gasteiger partial charge in [-0.25, -0.2) is 13.4 Å². The van der Waals surface area contributed by atoms with Crippen molar-refractivity contribution >= 4 is 20.9 Å². The van der Waals surface area contributed by atoms with E-state index in [2.05, 4.69) is 45.2 Å². The summed E-state index contributed by atoms with van der Waals surface area (Å²) in [7, 11) is -2.83. The van der Waals surface area contributed by atoms with Gasteiger partial charge in [-0.15, -0.1) is 0 Å². The maximum atomic E-state index is 11.5. The predicted octanol–water partition coefficient (Wildman–Crippen LogP) is 2.30. The summed E-state index contributed by atoms with van der Waals surface area (Å²) in [5.41, 5.74) is 4.27. The Morgan fingerprint density at radius 1 is 1.12 bits per heavy atom. The second-order valence-electron chi connectivity index (χ2n) is 6.25. The first kappa shape index (κ1) is 15.4. The zero-order valence-corrected chi connectivity index (χ0v) is 14.0. The highest BCUT2D eigenvalue weighted by molar-refractivity contribution is 7.91. The van der Waals surface area contributed by atoms with Crippen LogP contribution in [0.4, 0.5) is 0 Å². The maximum Gasteiger partial charge on any atom is 0.151 e. The van der Waals surface area contributed by atoms with Gasteiger partial charge in [-0.1, -0.05) is 24.3 Å². The third kappa shape index (κ3) is 3.07. The molecule has 0 spiro atoms. The topological polar surface area (TPSA) is 64.0 Å². The molecule has 1 saturated heterocycles. The smallest absolute Gasteiger partial charge is 0.151 e. The Hall–Kier alpha value is -2.18. The van der Waals surface area contributed by atoms with Crippen LogP contribution in [0, 0.1) is 0 Å². The Morgan fingerprint density at radius 3 is 2.67 bits per heavy atom. The molecule has 0 radical (unpaired) electrons. The van der Waals surface area contributed by atoms with Crippen molar-refractivity contribution in [2.75, 3.05) is 11.5 Å². The number of rotatable bonds is 4. The minimum atomic E-state index is -2.83. The largest absolute Gasteiger partial charge is 0.309 e. The minimum Gasteiger partial charge on any atom is -0.309 e. The van der Waals surface area contributed by atoms with E-state index in [-0.39, 0.29) is 11.8 Å². The van der Waals surface area contributed by atoms with E-state index in [4.69, 9.17) is 0 Å². The molecule has 24 heavy (non-hydrogen) atoms. The van der Waals surface area contributed by atoms with E-state index in [1.54, 1.807) is 0 Å². The average molecular weight is 341 g/mol. The molecule has 0 aliphatic carbocycles. The van der Waals surface area contributed by atoms with E-state index < -0.39 is 9.84 Å². The van der Waals surface area contributed by atoms with Gasteiger partial charge in [0.2, 0.25) is 0 Å². The van der Waals surface area contributed by atoms with Crippen LogP contribution in [0.1, 0.15) is 12.0 Å². The lowest BCUT2D eigenvalue weighted by atomic mass is 10.2. The molecule has 1 aliphatic heterocycles. The second kappa shape index (κ2) is 6.03. The Morgan fingerprint density at radius 2 is 1.92 bits per heavy atom. The highest BCUT2D eigenvalue weighted by Crippen LogP contribution is 2.18. The fourth-order valence-electron chi connectivity index (χ4n) is 3.16. The van der Waals surface area contributed by atoms with E-state index in [1.165, 1.54) is 0 Å². The quantitative estimate of drug-likeness (QED) is 0.791. The van der Waals surface area contributed by atoms with Crippen molar-refractivity contribution in [2.45, 2.75) is 19.0 Å². The fraction of sp³-hybridized carbons (Fsp3) is 0.278. The number of nitrogens with zero attached hydrogens (tertiary/aromatic N) is 2. The summed E-state index contributed by atoms with van der Waals surface area (Å²) in [6, 6.07) is 16.4. The van der Waals surface area contributed by atoms with Gasteiger partial charge in [0.05, 0.1) is 22.5 Å². The number of hydrogen-bond donors (Lipinski definition) is 1. The summed E-state index contributed by atoms with van der Waals surface area (Å²) >= 11 is 0. The monoisotopic (exact) mass is 341 g/mol. The highest BCUT2D eigenvalue weighted by atomic mass is 32.2. The third-order valence-corrected chi connectivity index (χ3v) is 6.26. The number of sulfone groups is 1. The van der Waals surface area contributed by atoms with Crippen LogP contribution in [0.15, 0.2) is 54.9 Å². The molecular formula is C18H19N3O2S. The highest BCUT2D eigenvalue weighted by Gasteiger charge is 2.27. The Labute approximate surface area is 141 Å². The first-order valence-corrected chi connectivity index (χ1v) is 9.88. The van der Waals surface area contributed by atoms with Crippen LogP contribution in [-0.4, -0.2) is 35.5 Å². The van der Waals surface area contributed by atoms with Gasteiger partial charge < -0.3 is 5.32 Å². The first-order valence-electron chi connectivity index (χ1n) is 8.06. The molecule has 2 aromatic carbocycles. The second-order valence-corrected chi connectivity index (χ2v) is 8.48. The molecule has 124 valence electrons. The van der Waals surface area contributed by atoms with Crippen LogP contribution < -0.4 is 5.32 Å². The minimum absolute atomic E-state index is 0.0762. The summed E-state index contributed by atoms with van der Waals surface area (Å²) in [6.45, 7) is 0.686. The average Bonchev–Trinajstić information content (AvgIpc) is 3.16. The van der Waals surface area contributed by atoms with Crippen molar-refractivity contribution in [2.24, 2.45) is 0 Å². The fourth-order valence-corrected chi connectivity index (χ4v) is 4.87. The van der Waals surface area contributed by atoms with E-state index in [9.17, 15) is 8.42 Å². The molecule has 1 fully saturated rings. The summed E-state index contributed by atoms with van der Waals surface area (Å²) in [4.78, 5) is 4.41. The molecule has 6 heteroatoms. The van der Waals surface area contributed by atoms with Crippen LogP contribution in [0.2, 0.25) is 0 Å². The molecule has 1 unspecified atom stereocenters. The van der Waals surface area contributed by atoms with Crippen LogP contribution >= 0.6 is 0 Å². The van der Waals surface area contributed by atoms with Gasteiger partial charge in [0, 0.05) is 18.3 Å². The predicted molar refractivity (Wildman–Crippen MR) is 95.0 cm³/mol. The van der Waals surface area contributed by atoms with Crippen molar-refractivity contribution in [3.8, 4) is 5.69 Å². The molecule has 4 rings (SSSR count). The maximum absolute atomic E-state index is 11.5. The van der Waals surface area contributed by atoms with E-state index in [0.717, 1.165) is 22.3 Å². The Kier molecular flexibility index (Phi) is 3.86. The number of imidazole rings is 1. The molecule has 5 nitrogen and oxygen atoms in total. The van der Waals surface area contributed by atoms with Crippen LogP contribution in [0.5, 0.6) is 0 Å². The number of para-hydroxylation sites is 2. The lowest BCUT2D eigenvalue weighted by Crippen LogP contribution is -2.29. The van der Waals surface area contributed by atoms with E-state index >= 15 is 0 Å². The molecular weight excluding hydrogens is 322 g/mol. The number of nitrogens with one attached hydrogen (secondary N) is 1. The van der Waals surface area contributed by atoms with Gasteiger partial charge in [-0.2, -0.15) is 0 Å². The number of fused-ring (bicyclic) bond motifs is 1. The van der Waals surface area contributed by atoms with E-state index in [0.29, 0.717) is 18.7 Å². The Balaban J connectivity index is 1.47. The van der Waals surface area contributed by atoms with Crippen molar-refractivity contribution < 1.29 is 8.42 Å². The molecule has 1 aromatic heterocycles. The van der Waals surface area contributed by atoms with Gasteiger partial charge in [0.25, 0.3) is 0 Å². The van der Waals surface area contributed by atoms with Crippen molar-refractivity contribution in [1.29, 1.82) is 0 Å². The number of benzene rings is 2. The van der Waals surface area contributed by atoms with Gasteiger partial charge in [0.1, 0.15) is 6.33 Å². The van der Waals surface area contributed by atoms with Gasteiger partial charge in [-0.05, 0) is 36.2 Å². The summed E-state index contributed by atoms with van der Waals surface area (Å²) in [6.07, 6.45) is 2.54. The normalized spacial score (nSPS) is 19.8.